The van der Waals surface area contributed by atoms with Crippen LogP contribution in [0.2, 0.25) is 0 Å². The molecule has 2 atom stereocenters. The van der Waals surface area contributed by atoms with Gasteiger partial charge in [0.2, 0.25) is 5.91 Å². The molecule has 5 heteroatoms. The van der Waals surface area contributed by atoms with E-state index in [1.54, 1.807) is 17.0 Å². The van der Waals surface area contributed by atoms with Crippen LogP contribution in [0.3, 0.4) is 0 Å². The van der Waals surface area contributed by atoms with Crippen molar-refractivity contribution in [3.8, 4) is 11.1 Å². The maximum Gasteiger partial charge on any atom is 0.251 e. The van der Waals surface area contributed by atoms with Crippen LogP contribution in [0, 0.1) is 0 Å². The Morgan fingerprint density at radius 3 is 2.38 bits per heavy atom. The molecule has 2 unspecified atom stereocenters. The number of nitrogens with one attached hydrogen (secondary N) is 1. The van der Waals surface area contributed by atoms with Crippen molar-refractivity contribution in [1.29, 1.82) is 0 Å². The van der Waals surface area contributed by atoms with Crippen molar-refractivity contribution in [3.05, 3.63) is 60.2 Å². The van der Waals surface area contributed by atoms with E-state index in [4.69, 9.17) is 4.74 Å². The van der Waals surface area contributed by atoms with Crippen LogP contribution in [0.15, 0.2) is 54.6 Å². The van der Waals surface area contributed by atoms with Crippen LogP contribution in [0.1, 0.15) is 24.2 Å². The lowest BCUT2D eigenvalue weighted by atomic mass is 10.0. The predicted octanol–water partition coefficient (Wildman–Crippen LogP) is 2.72. The smallest absolute Gasteiger partial charge is 0.251 e. The van der Waals surface area contributed by atoms with Crippen molar-refractivity contribution >= 4 is 11.8 Å². The first-order valence-corrected chi connectivity index (χ1v) is 8.89. The number of benzene rings is 2. The van der Waals surface area contributed by atoms with Crippen LogP contribution in [0.25, 0.3) is 11.1 Å². The summed E-state index contributed by atoms with van der Waals surface area (Å²) in [6.45, 7) is 4.98. The minimum atomic E-state index is -0.244. The molecular weight excluding hydrogens is 328 g/mol. The fraction of sp³-hybridized carbons (Fsp3) is 0.333. The number of morpholine rings is 1. The Morgan fingerprint density at radius 2 is 1.69 bits per heavy atom. The summed E-state index contributed by atoms with van der Waals surface area (Å²) in [7, 11) is 0. The van der Waals surface area contributed by atoms with Crippen LogP contribution < -0.4 is 5.32 Å². The lowest BCUT2D eigenvalue weighted by molar-refractivity contribution is -0.142. The molecule has 1 saturated heterocycles. The molecule has 0 bridgehead atoms. The van der Waals surface area contributed by atoms with Gasteiger partial charge in [-0.1, -0.05) is 42.5 Å². The molecule has 0 saturated carbocycles. The van der Waals surface area contributed by atoms with Crippen molar-refractivity contribution in [2.45, 2.75) is 26.0 Å². The number of nitrogens with zero attached hydrogens (tertiary/aromatic N) is 1. The molecule has 26 heavy (non-hydrogen) atoms. The Labute approximate surface area is 154 Å². The van der Waals surface area contributed by atoms with Gasteiger partial charge >= 0.3 is 0 Å². The summed E-state index contributed by atoms with van der Waals surface area (Å²) in [6.07, 6.45) is 0.0244. The van der Waals surface area contributed by atoms with Crippen LogP contribution >= 0.6 is 0 Å². The first-order chi connectivity index (χ1) is 12.5. The van der Waals surface area contributed by atoms with E-state index in [1.165, 1.54) is 0 Å². The zero-order valence-corrected chi connectivity index (χ0v) is 15.1. The molecule has 2 aromatic rings. The molecule has 1 fully saturated rings. The zero-order valence-electron chi connectivity index (χ0n) is 15.1. The summed E-state index contributed by atoms with van der Waals surface area (Å²) < 4.78 is 5.53. The minimum absolute atomic E-state index is 0.00364. The van der Waals surface area contributed by atoms with E-state index < -0.39 is 0 Å². The van der Waals surface area contributed by atoms with E-state index in [1.807, 2.05) is 56.3 Å². The lowest BCUT2D eigenvalue weighted by Gasteiger charge is -2.36. The van der Waals surface area contributed by atoms with Crippen molar-refractivity contribution in [2.24, 2.45) is 0 Å². The number of hydrogen-bond acceptors (Lipinski definition) is 3. The fourth-order valence-corrected chi connectivity index (χ4v) is 3.05. The normalized spacial score (nSPS) is 19.8. The highest BCUT2D eigenvalue weighted by molar-refractivity contribution is 5.96. The quantitative estimate of drug-likeness (QED) is 0.920. The van der Waals surface area contributed by atoms with Gasteiger partial charge in [0, 0.05) is 12.1 Å². The number of ether oxygens (including phenoxy) is 1. The van der Waals surface area contributed by atoms with Crippen molar-refractivity contribution < 1.29 is 14.3 Å². The average Bonchev–Trinajstić information content (AvgIpc) is 2.68. The van der Waals surface area contributed by atoms with Crippen molar-refractivity contribution in [3.63, 3.8) is 0 Å². The maximum absolute atomic E-state index is 12.4. The highest BCUT2D eigenvalue weighted by atomic mass is 16.5. The molecular formula is C21H24N2O3. The van der Waals surface area contributed by atoms with E-state index in [0.717, 1.165) is 11.1 Å². The Hall–Kier alpha value is -2.66. The molecule has 0 radical (unpaired) electrons. The molecule has 2 aromatic carbocycles. The molecule has 3 rings (SSSR count). The van der Waals surface area contributed by atoms with Crippen molar-refractivity contribution in [1.82, 2.24) is 10.2 Å². The minimum Gasteiger partial charge on any atom is -0.375 e. The third kappa shape index (κ3) is 4.29. The van der Waals surface area contributed by atoms with Gasteiger partial charge < -0.3 is 15.0 Å². The number of carbonyl (C=O) groups excluding carboxylic acids is 2. The Bertz CT molecular complexity index is 759. The first-order valence-electron chi connectivity index (χ1n) is 8.89. The monoisotopic (exact) mass is 352 g/mol. The Balaban J connectivity index is 1.57. The summed E-state index contributed by atoms with van der Waals surface area (Å²) >= 11 is 0. The van der Waals surface area contributed by atoms with Gasteiger partial charge in [-0.3, -0.25) is 9.59 Å². The van der Waals surface area contributed by atoms with Gasteiger partial charge in [-0.25, -0.2) is 0 Å². The van der Waals surface area contributed by atoms with Gasteiger partial charge in [-0.15, -0.1) is 0 Å². The molecule has 1 N–H and O–H groups in total. The van der Waals surface area contributed by atoms with Gasteiger partial charge in [-0.2, -0.15) is 0 Å². The van der Waals surface area contributed by atoms with E-state index >= 15 is 0 Å². The van der Waals surface area contributed by atoms with E-state index in [0.29, 0.717) is 18.7 Å². The number of amides is 2. The fourth-order valence-electron chi connectivity index (χ4n) is 3.05. The molecule has 5 nitrogen and oxygen atoms in total. The van der Waals surface area contributed by atoms with Crippen LogP contribution in [-0.2, 0) is 9.53 Å². The van der Waals surface area contributed by atoms with Gasteiger partial charge in [0.25, 0.3) is 5.91 Å². The molecule has 1 aliphatic heterocycles. The molecule has 1 aliphatic rings. The van der Waals surface area contributed by atoms with Gasteiger partial charge in [0.15, 0.2) is 0 Å². The third-order valence-electron chi connectivity index (χ3n) is 4.58. The lowest BCUT2D eigenvalue weighted by Crippen LogP contribution is -2.52. The Kier molecular flexibility index (Phi) is 5.68. The number of hydrogen-bond donors (Lipinski definition) is 1. The molecule has 136 valence electrons. The van der Waals surface area contributed by atoms with Gasteiger partial charge in [0.1, 0.15) is 0 Å². The molecule has 2 amide bonds. The van der Waals surface area contributed by atoms with Gasteiger partial charge in [-0.05, 0) is 37.1 Å². The summed E-state index contributed by atoms with van der Waals surface area (Å²) in [5.41, 5.74) is 2.69. The largest absolute Gasteiger partial charge is 0.375 e. The third-order valence-corrected chi connectivity index (χ3v) is 4.58. The second-order valence-corrected chi connectivity index (χ2v) is 6.67. The van der Waals surface area contributed by atoms with Gasteiger partial charge in [0.05, 0.1) is 25.3 Å². The molecule has 0 spiro atoms. The highest BCUT2D eigenvalue weighted by Gasteiger charge is 2.27. The van der Waals surface area contributed by atoms with E-state index in [2.05, 4.69) is 5.32 Å². The standard InChI is InChI=1S/C21H24N2O3/c1-15-14-26-16(2)13-23(15)20(24)12-22-21(25)19-10-8-18(9-11-19)17-6-4-3-5-7-17/h3-11,15-16H,12-14H2,1-2H3,(H,22,25). The van der Waals surface area contributed by atoms with E-state index in [-0.39, 0.29) is 30.5 Å². The molecule has 1 heterocycles. The summed E-state index contributed by atoms with van der Waals surface area (Å²) in [5.74, 6) is -0.325. The second kappa shape index (κ2) is 8.15. The SMILES string of the molecule is CC1CN(C(=O)CNC(=O)c2ccc(-c3ccccc3)cc2)C(C)CO1. The number of carbonyl (C=O) groups is 2. The summed E-state index contributed by atoms with van der Waals surface area (Å²) in [4.78, 5) is 26.5. The summed E-state index contributed by atoms with van der Waals surface area (Å²) in [6, 6.07) is 17.4. The second-order valence-electron chi connectivity index (χ2n) is 6.67. The maximum atomic E-state index is 12.4. The Morgan fingerprint density at radius 1 is 1.04 bits per heavy atom. The average molecular weight is 352 g/mol. The van der Waals surface area contributed by atoms with Crippen LogP contribution in [0.5, 0.6) is 0 Å². The summed E-state index contributed by atoms with van der Waals surface area (Å²) in [5, 5.41) is 2.72. The molecule has 0 aliphatic carbocycles. The predicted molar refractivity (Wildman–Crippen MR) is 101 cm³/mol. The number of rotatable bonds is 4. The zero-order chi connectivity index (χ0) is 18.5. The first kappa shape index (κ1) is 18.1. The molecule has 0 aromatic heterocycles. The van der Waals surface area contributed by atoms with Crippen LogP contribution in [0.4, 0.5) is 0 Å². The topological polar surface area (TPSA) is 58.6 Å². The van der Waals surface area contributed by atoms with Crippen molar-refractivity contribution in [2.75, 3.05) is 19.7 Å². The highest BCUT2D eigenvalue weighted by Crippen LogP contribution is 2.19. The van der Waals surface area contributed by atoms with Crippen LogP contribution in [-0.4, -0.2) is 48.6 Å². The van der Waals surface area contributed by atoms with E-state index in [9.17, 15) is 9.59 Å².